The van der Waals surface area contributed by atoms with Crippen LogP contribution in [0.5, 0.6) is 0 Å². The Hall–Kier alpha value is -1.14. The van der Waals surface area contributed by atoms with Crippen molar-refractivity contribution in [2.75, 3.05) is 32.8 Å². The van der Waals surface area contributed by atoms with Crippen LogP contribution in [0.3, 0.4) is 0 Å². The Morgan fingerprint density at radius 1 is 1.30 bits per heavy atom. The summed E-state index contributed by atoms with van der Waals surface area (Å²) in [6.45, 7) is 3.82. The molecule has 27 heavy (non-hydrogen) atoms. The van der Waals surface area contributed by atoms with Gasteiger partial charge in [0.15, 0.2) is 0 Å². The van der Waals surface area contributed by atoms with Crippen molar-refractivity contribution in [1.29, 1.82) is 0 Å². The Balaban J connectivity index is 1.40. The van der Waals surface area contributed by atoms with Crippen LogP contribution in [0, 0.1) is 5.92 Å². The average Bonchev–Trinajstić information content (AvgIpc) is 3.13. The van der Waals surface area contributed by atoms with Gasteiger partial charge in [0, 0.05) is 30.7 Å². The third-order valence-electron chi connectivity index (χ3n) is 6.37. The van der Waals surface area contributed by atoms with Crippen molar-refractivity contribution in [3.8, 4) is 0 Å². The van der Waals surface area contributed by atoms with E-state index in [4.69, 9.17) is 16.3 Å². The van der Waals surface area contributed by atoms with Crippen LogP contribution in [0.15, 0.2) is 24.3 Å². The molecule has 3 aliphatic rings. The highest BCUT2D eigenvalue weighted by molar-refractivity contribution is 6.30. The molecule has 148 valence electrons. The fraction of sp³-hybridized carbons (Fsp3) is 0.667. The molecule has 1 amide bonds. The molecule has 4 rings (SSSR count). The standard InChI is InChI=1S/C21H30ClN3O2/c22-17-6-3-5-16(12-17)20(25-8-10-27-11-9-25)14-23-21(26)19-13-15-4-1-2-7-18(15)24-19/h3,5-6,12,15,18-20,24H,1-2,4,7-11,13-14H2,(H,23,26). The van der Waals surface area contributed by atoms with Crippen molar-refractivity contribution in [2.24, 2.45) is 5.92 Å². The van der Waals surface area contributed by atoms with Crippen LogP contribution in [-0.2, 0) is 9.53 Å². The number of benzene rings is 1. The van der Waals surface area contributed by atoms with Crippen molar-refractivity contribution in [2.45, 2.75) is 50.2 Å². The number of hydrogen-bond donors (Lipinski definition) is 2. The molecule has 1 aromatic carbocycles. The number of nitrogens with zero attached hydrogens (tertiary/aromatic N) is 1. The molecule has 1 aromatic rings. The smallest absolute Gasteiger partial charge is 0.237 e. The lowest BCUT2D eigenvalue weighted by Gasteiger charge is -2.35. The molecule has 2 heterocycles. The summed E-state index contributed by atoms with van der Waals surface area (Å²) in [4.78, 5) is 15.2. The Labute approximate surface area is 166 Å². The molecule has 2 N–H and O–H groups in total. The Morgan fingerprint density at radius 3 is 2.89 bits per heavy atom. The van der Waals surface area contributed by atoms with E-state index in [1.807, 2.05) is 18.2 Å². The van der Waals surface area contributed by atoms with Gasteiger partial charge in [-0.2, -0.15) is 0 Å². The Morgan fingerprint density at radius 2 is 2.11 bits per heavy atom. The van der Waals surface area contributed by atoms with Crippen LogP contribution in [0.1, 0.15) is 43.7 Å². The number of carbonyl (C=O) groups excluding carboxylic acids is 1. The van der Waals surface area contributed by atoms with Gasteiger partial charge in [0.25, 0.3) is 0 Å². The highest BCUT2D eigenvalue weighted by Crippen LogP contribution is 2.33. The van der Waals surface area contributed by atoms with Crippen molar-refractivity contribution in [3.63, 3.8) is 0 Å². The van der Waals surface area contributed by atoms with Gasteiger partial charge in [-0.25, -0.2) is 0 Å². The molecule has 2 aliphatic heterocycles. The van der Waals surface area contributed by atoms with Crippen LogP contribution in [-0.4, -0.2) is 55.7 Å². The van der Waals surface area contributed by atoms with E-state index in [0.717, 1.165) is 43.3 Å². The first kappa shape index (κ1) is 19.2. The first-order chi connectivity index (χ1) is 13.2. The molecule has 0 aromatic heterocycles. The molecule has 0 bridgehead atoms. The third-order valence-corrected chi connectivity index (χ3v) is 6.60. The molecule has 4 unspecified atom stereocenters. The number of nitrogens with one attached hydrogen (secondary N) is 2. The summed E-state index contributed by atoms with van der Waals surface area (Å²) in [6.07, 6.45) is 6.06. The molecule has 1 saturated carbocycles. The minimum Gasteiger partial charge on any atom is -0.379 e. The highest BCUT2D eigenvalue weighted by Gasteiger charge is 2.38. The van der Waals surface area contributed by atoms with E-state index in [2.05, 4.69) is 21.6 Å². The second-order valence-corrected chi connectivity index (χ2v) is 8.51. The Kier molecular flexibility index (Phi) is 6.33. The fourth-order valence-electron chi connectivity index (χ4n) is 4.90. The van der Waals surface area contributed by atoms with E-state index >= 15 is 0 Å². The van der Waals surface area contributed by atoms with Crippen LogP contribution in [0.4, 0.5) is 0 Å². The van der Waals surface area contributed by atoms with Gasteiger partial charge in [-0.15, -0.1) is 0 Å². The summed E-state index contributed by atoms with van der Waals surface area (Å²) >= 11 is 6.22. The number of carbonyl (C=O) groups is 1. The molecule has 3 fully saturated rings. The van der Waals surface area contributed by atoms with E-state index in [1.54, 1.807) is 0 Å². The van der Waals surface area contributed by atoms with Crippen molar-refractivity contribution in [3.05, 3.63) is 34.9 Å². The van der Waals surface area contributed by atoms with E-state index < -0.39 is 0 Å². The first-order valence-electron chi connectivity index (χ1n) is 10.3. The second-order valence-electron chi connectivity index (χ2n) is 8.07. The van der Waals surface area contributed by atoms with E-state index in [9.17, 15) is 4.79 Å². The summed E-state index contributed by atoms with van der Waals surface area (Å²) < 4.78 is 5.51. The topological polar surface area (TPSA) is 53.6 Å². The van der Waals surface area contributed by atoms with Crippen molar-refractivity contribution < 1.29 is 9.53 Å². The van der Waals surface area contributed by atoms with Gasteiger partial charge < -0.3 is 15.4 Å². The lowest BCUT2D eigenvalue weighted by Crippen LogP contribution is -2.47. The minimum atomic E-state index is -0.0391. The van der Waals surface area contributed by atoms with E-state index in [1.165, 1.54) is 25.7 Å². The minimum absolute atomic E-state index is 0.0391. The Bertz CT molecular complexity index is 636. The lowest BCUT2D eigenvalue weighted by molar-refractivity contribution is -0.123. The van der Waals surface area contributed by atoms with E-state index in [-0.39, 0.29) is 18.0 Å². The second kappa shape index (κ2) is 8.91. The molecule has 0 radical (unpaired) electrons. The zero-order valence-electron chi connectivity index (χ0n) is 15.8. The number of halogens is 1. The number of hydrogen-bond acceptors (Lipinski definition) is 4. The molecule has 4 atom stereocenters. The van der Waals surface area contributed by atoms with Gasteiger partial charge in [-0.3, -0.25) is 9.69 Å². The maximum absolute atomic E-state index is 12.8. The number of rotatable bonds is 5. The largest absolute Gasteiger partial charge is 0.379 e. The molecule has 0 spiro atoms. The third kappa shape index (κ3) is 4.65. The zero-order valence-corrected chi connectivity index (χ0v) is 16.6. The zero-order chi connectivity index (χ0) is 18.6. The van der Waals surface area contributed by atoms with Gasteiger partial charge in [0.1, 0.15) is 0 Å². The number of ether oxygens (including phenoxy) is 1. The van der Waals surface area contributed by atoms with Gasteiger partial charge in [0.2, 0.25) is 5.91 Å². The SMILES string of the molecule is O=C(NCC(c1cccc(Cl)c1)N1CCOCC1)C1CC2CCCCC2N1. The summed E-state index contributed by atoms with van der Waals surface area (Å²) in [5.41, 5.74) is 1.15. The average molecular weight is 392 g/mol. The molecular formula is C21H30ClN3O2. The van der Waals surface area contributed by atoms with Gasteiger partial charge in [0.05, 0.1) is 25.3 Å². The summed E-state index contributed by atoms with van der Waals surface area (Å²) in [5, 5.41) is 7.54. The molecule has 6 heteroatoms. The van der Waals surface area contributed by atoms with Crippen molar-refractivity contribution >= 4 is 17.5 Å². The van der Waals surface area contributed by atoms with Crippen LogP contribution >= 0.6 is 11.6 Å². The summed E-state index contributed by atoms with van der Waals surface area (Å²) in [6, 6.07) is 8.61. The van der Waals surface area contributed by atoms with Gasteiger partial charge in [-0.05, 0) is 42.9 Å². The molecule has 1 aliphatic carbocycles. The van der Waals surface area contributed by atoms with Crippen LogP contribution < -0.4 is 10.6 Å². The highest BCUT2D eigenvalue weighted by atomic mass is 35.5. The summed E-state index contributed by atoms with van der Waals surface area (Å²) in [7, 11) is 0. The van der Waals surface area contributed by atoms with Crippen molar-refractivity contribution in [1.82, 2.24) is 15.5 Å². The maximum atomic E-state index is 12.8. The predicted molar refractivity (Wildman–Crippen MR) is 107 cm³/mol. The monoisotopic (exact) mass is 391 g/mol. The van der Waals surface area contributed by atoms with E-state index in [0.29, 0.717) is 18.5 Å². The molecule has 5 nitrogen and oxygen atoms in total. The van der Waals surface area contributed by atoms with Gasteiger partial charge in [-0.1, -0.05) is 36.6 Å². The summed E-state index contributed by atoms with van der Waals surface area (Å²) in [5.74, 6) is 0.821. The van der Waals surface area contributed by atoms with Gasteiger partial charge >= 0.3 is 0 Å². The molecule has 2 saturated heterocycles. The molecular weight excluding hydrogens is 362 g/mol. The van der Waals surface area contributed by atoms with Crippen LogP contribution in [0.25, 0.3) is 0 Å². The predicted octanol–water partition coefficient (Wildman–Crippen LogP) is 2.75. The quantitative estimate of drug-likeness (QED) is 0.810. The first-order valence-corrected chi connectivity index (χ1v) is 10.7. The number of morpholine rings is 1. The number of amides is 1. The number of fused-ring (bicyclic) bond motifs is 1. The fourth-order valence-corrected chi connectivity index (χ4v) is 5.10. The maximum Gasteiger partial charge on any atom is 0.237 e. The van der Waals surface area contributed by atoms with Crippen LogP contribution in [0.2, 0.25) is 5.02 Å². The lowest BCUT2D eigenvalue weighted by atomic mass is 9.85. The normalized spacial score (nSPS) is 29.9.